The average molecular weight is 242 g/mol. The zero-order valence-electron chi connectivity index (χ0n) is 10.3. The first-order chi connectivity index (χ1) is 8.72. The van der Waals surface area contributed by atoms with Gasteiger partial charge in [-0.1, -0.05) is 30.3 Å². The summed E-state index contributed by atoms with van der Waals surface area (Å²) in [6.45, 7) is 1.85. The van der Waals surface area contributed by atoms with Crippen molar-refractivity contribution in [2.75, 3.05) is 7.11 Å². The van der Waals surface area contributed by atoms with Gasteiger partial charge >= 0.3 is 5.97 Å². The average Bonchev–Trinajstić information content (AvgIpc) is 2.39. The quantitative estimate of drug-likeness (QED) is 0.772. The van der Waals surface area contributed by atoms with Gasteiger partial charge in [0.1, 0.15) is 17.1 Å². The molecule has 0 N–H and O–H groups in total. The highest BCUT2D eigenvalue weighted by atomic mass is 16.5. The van der Waals surface area contributed by atoms with Crippen molar-refractivity contribution in [3.63, 3.8) is 0 Å². The molecule has 3 nitrogen and oxygen atoms in total. The second-order valence-corrected chi connectivity index (χ2v) is 3.85. The molecule has 3 heteroatoms. The first kappa shape index (κ1) is 12.2. The minimum atomic E-state index is -0.390. The van der Waals surface area contributed by atoms with E-state index in [1.165, 1.54) is 7.11 Å². The molecule has 2 rings (SSSR count). The van der Waals surface area contributed by atoms with Crippen molar-refractivity contribution in [2.24, 2.45) is 0 Å². The minimum Gasteiger partial charge on any atom is -0.465 e. The molecule has 18 heavy (non-hydrogen) atoms. The summed E-state index contributed by atoms with van der Waals surface area (Å²) in [7, 11) is 1.36. The van der Waals surface area contributed by atoms with Crippen LogP contribution in [-0.4, -0.2) is 13.1 Å². The van der Waals surface area contributed by atoms with E-state index in [-0.39, 0.29) is 5.97 Å². The van der Waals surface area contributed by atoms with E-state index in [1.807, 2.05) is 49.4 Å². The minimum absolute atomic E-state index is 0.390. The molecule has 0 aliphatic heterocycles. The van der Waals surface area contributed by atoms with Gasteiger partial charge in [-0.05, 0) is 30.7 Å². The Morgan fingerprint density at radius 2 is 1.72 bits per heavy atom. The Hall–Kier alpha value is -2.29. The molecule has 0 aliphatic carbocycles. The van der Waals surface area contributed by atoms with E-state index in [0.29, 0.717) is 17.1 Å². The number of hydrogen-bond donors (Lipinski definition) is 0. The number of methoxy groups -OCH3 is 1. The van der Waals surface area contributed by atoms with E-state index in [1.54, 1.807) is 6.07 Å². The third kappa shape index (κ3) is 2.51. The summed E-state index contributed by atoms with van der Waals surface area (Å²) in [5.41, 5.74) is 1.29. The van der Waals surface area contributed by atoms with Gasteiger partial charge in [-0.2, -0.15) is 0 Å². The van der Waals surface area contributed by atoms with E-state index >= 15 is 0 Å². The van der Waals surface area contributed by atoms with Gasteiger partial charge in [-0.15, -0.1) is 0 Å². The molecule has 0 radical (unpaired) electrons. The molecule has 0 aliphatic rings. The number of carbonyl (C=O) groups is 1. The zero-order chi connectivity index (χ0) is 13.0. The molecule has 2 aromatic rings. The highest BCUT2D eigenvalue weighted by molar-refractivity contribution is 5.94. The maximum absolute atomic E-state index is 11.7. The van der Waals surface area contributed by atoms with Gasteiger partial charge < -0.3 is 9.47 Å². The highest BCUT2D eigenvalue weighted by Gasteiger charge is 2.16. The molecule has 0 amide bonds. The molecule has 0 spiro atoms. The number of ether oxygens (including phenoxy) is 2. The van der Waals surface area contributed by atoms with Gasteiger partial charge in [0.2, 0.25) is 0 Å². The Kier molecular flexibility index (Phi) is 3.63. The van der Waals surface area contributed by atoms with Crippen LogP contribution in [0.1, 0.15) is 15.9 Å². The lowest BCUT2D eigenvalue weighted by molar-refractivity contribution is 0.0597. The fourth-order valence-corrected chi connectivity index (χ4v) is 1.71. The van der Waals surface area contributed by atoms with E-state index in [0.717, 1.165) is 5.56 Å². The lowest BCUT2D eigenvalue weighted by Gasteiger charge is -2.11. The fourth-order valence-electron chi connectivity index (χ4n) is 1.71. The summed E-state index contributed by atoms with van der Waals surface area (Å²) < 4.78 is 10.5. The summed E-state index contributed by atoms with van der Waals surface area (Å²) in [5, 5.41) is 0. The largest absolute Gasteiger partial charge is 0.465 e. The Balaban J connectivity index is 2.39. The van der Waals surface area contributed by atoms with Crippen molar-refractivity contribution in [3.8, 4) is 11.5 Å². The van der Waals surface area contributed by atoms with Crippen LogP contribution in [0.3, 0.4) is 0 Å². The first-order valence-corrected chi connectivity index (χ1v) is 5.63. The van der Waals surface area contributed by atoms with Crippen LogP contribution in [-0.2, 0) is 4.74 Å². The van der Waals surface area contributed by atoms with Gasteiger partial charge in [-0.3, -0.25) is 0 Å². The molecule has 2 aromatic carbocycles. The first-order valence-electron chi connectivity index (χ1n) is 5.63. The number of hydrogen-bond acceptors (Lipinski definition) is 3. The van der Waals surface area contributed by atoms with Crippen LogP contribution in [0.2, 0.25) is 0 Å². The molecule has 0 fully saturated rings. The summed E-state index contributed by atoms with van der Waals surface area (Å²) in [6.07, 6.45) is 0. The zero-order valence-corrected chi connectivity index (χ0v) is 10.3. The monoisotopic (exact) mass is 242 g/mol. The van der Waals surface area contributed by atoms with Crippen molar-refractivity contribution >= 4 is 5.97 Å². The molecule has 0 bridgehead atoms. The Morgan fingerprint density at radius 1 is 1.00 bits per heavy atom. The smallest absolute Gasteiger partial charge is 0.341 e. The van der Waals surface area contributed by atoms with Crippen molar-refractivity contribution in [1.29, 1.82) is 0 Å². The van der Waals surface area contributed by atoms with Gasteiger partial charge in [0.25, 0.3) is 0 Å². The van der Waals surface area contributed by atoms with Crippen LogP contribution < -0.4 is 4.74 Å². The predicted molar refractivity (Wildman–Crippen MR) is 69.0 cm³/mol. The number of aryl methyl sites for hydroxylation is 1. The molecule has 92 valence electrons. The lowest BCUT2D eigenvalue weighted by atomic mass is 10.1. The molecule has 0 unspecified atom stereocenters. The fraction of sp³-hybridized carbons (Fsp3) is 0.133. The molecular formula is C15H14O3. The highest BCUT2D eigenvalue weighted by Crippen LogP contribution is 2.27. The summed E-state index contributed by atoms with van der Waals surface area (Å²) in [4.78, 5) is 11.7. The summed E-state index contributed by atoms with van der Waals surface area (Å²) in [5.74, 6) is 0.806. The SMILES string of the molecule is COC(=O)c1c(C)cccc1Oc1ccccc1. The van der Waals surface area contributed by atoms with Crippen molar-refractivity contribution in [1.82, 2.24) is 0 Å². The van der Waals surface area contributed by atoms with Crippen molar-refractivity contribution in [2.45, 2.75) is 6.92 Å². The number of rotatable bonds is 3. The standard InChI is InChI=1S/C15H14O3/c1-11-7-6-10-13(14(11)15(16)17-2)18-12-8-4-3-5-9-12/h3-10H,1-2H3. The van der Waals surface area contributed by atoms with Crippen LogP contribution >= 0.6 is 0 Å². The van der Waals surface area contributed by atoms with Crippen molar-refractivity contribution < 1.29 is 14.3 Å². The van der Waals surface area contributed by atoms with Gasteiger partial charge in [0.15, 0.2) is 0 Å². The summed E-state index contributed by atoms with van der Waals surface area (Å²) >= 11 is 0. The van der Waals surface area contributed by atoms with Crippen molar-refractivity contribution in [3.05, 3.63) is 59.7 Å². The second-order valence-electron chi connectivity index (χ2n) is 3.85. The van der Waals surface area contributed by atoms with E-state index < -0.39 is 0 Å². The number of esters is 1. The van der Waals surface area contributed by atoms with Crippen LogP contribution in [0.25, 0.3) is 0 Å². The van der Waals surface area contributed by atoms with Crippen LogP contribution in [0.5, 0.6) is 11.5 Å². The van der Waals surface area contributed by atoms with Crippen LogP contribution in [0.4, 0.5) is 0 Å². The second kappa shape index (κ2) is 5.36. The molecule has 0 aromatic heterocycles. The van der Waals surface area contributed by atoms with Gasteiger partial charge in [0.05, 0.1) is 7.11 Å². The van der Waals surface area contributed by atoms with E-state index in [2.05, 4.69) is 0 Å². The number of para-hydroxylation sites is 1. The molecule has 0 saturated heterocycles. The molecule has 0 atom stereocenters. The van der Waals surface area contributed by atoms with E-state index in [9.17, 15) is 4.79 Å². The summed E-state index contributed by atoms with van der Waals surface area (Å²) in [6, 6.07) is 14.8. The Labute approximate surface area is 106 Å². The third-order valence-electron chi connectivity index (χ3n) is 2.60. The normalized spacial score (nSPS) is 9.89. The third-order valence-corrected chi connectivity index (χ3v) is 2.60. The van der Waals surface area contributed by atoms with Gasteiger partial charge in [0, 0.05) is 0 Å². The Bertz CT molecular complexity index is 547. The molecule has 0 saturated carbocycles. The lowest BCUT2D eigenvalue weighted by Crippen LogP contribution is -2.06. The molecular weight excluding hydrogens is 228 g/mol. The Morgan fingerprint density at radius 3 is 2.39 bits per heavy atom. The van der Waals surface area contributed by atoms with Gasteiger partial charge in [-0.25, -0.2) is 4.79 Å². The predicted octanol–water partition coefficient (Wildman–Crippen LogP) is 3.57. The number of carbonyl (C=O) groups excluding carboxylic acids is 1. The maximum atomic E-state index is 11.7. The van der Waals surface area contributed by atoms with Crippen LogP contribution in [0.15, 0.2) is 48.5 Å². The number of benzene rings is 2. The van der Waals surface area contributed by atoms with E-state index in [4.69, 9.17) is 9.47 Å². The topological polar surface area (TPSA) is 35.5 Å². The maximum Gasteiger partial charge on any atom is 0.341 e. The molecule has 0 heterocycles. The van der Waals surface area contributed by atoms with Crippen LogP contribution in [0, 0.1) is 6.92 Å².